The third kappa shape index (κ3) is 13.1. The number of rotatable bonds is 19. The molecule has 4 rings (SSSR count). The molecule has 1 saturated heterocycles. The molecule has 3 aromatic carbocycles. The zero-order valence-electron chi connectivity index (χ0n) is 34.8. The average molecular weight is 788 g/mol. The van der Waals surface area contributed by atoms with Crippen molar-refractivity contribution in [3.63, 3.8) is 0 Å². The highest BCUT2D eigenvalue weighted by Crippen LogP contribution is 2.36. The lowest BCUT2D eigenvalue weighted by Crippen LogP contribution is -2.47. The summed E-state index contributed by atoms with van der Waals surface area (Å²) in [7, 11) is 3.73. The van der Waals surface area contributed by atoms with E-state index in [1.807, 2.05) is 36.9 Å². The zero-order valence-corrected chi connectivity index (χ0v) is 34.8. The summed E-state index contributed by atoms with van der Waals surface area (Å²) in [6, 6.07) is 15.6. The number of unbranched alkanes of at least 4 members (excludes halogenated alkanes) is 2. The van der Waals surface area contributed by atoms with Gasteiger partial charge < -0.3 is 44.7 Å². The molecule has 310 valence electrons. The highest BCUT2D eigenvalue weighted by atomic mass is 16.6. The van der Waals surface area contributed by atoms with Gasteiger partial charge in [0.1, 0.15) is 17.1 Å². The average Bonchev–Trinajstić information content (AvgIpc) is 3.17. The monoisotopic (exact) mass is 787 g/mol. The molecule has 1 aliphatic rings. The minimum absolute atomic E-state index is 0.0541. The van der Waals surface area contributed by atoms with Crippen molar-refractivity contribution < 1.29 is 38.1 Å². The Morgan fingerprint density at radius 1 is 0.807 bits per heavy atom. The summed E-state index contributed by atoms with van der Waals surface area (Å²) in [5.74, 6) is 0.495. The van der Waals surface area contributed by atoms with Gasteiger partial charge in [0.2, 0.25) is 11.7 Å². The molecule has 0 aromatic heterocycles. The lowest BCUT2D eigenvalue weighted by atomic mass is 9.98. The van der Waals surface area contributed by atoms with E-state index in [0.717, 1.165) is 51.0 Å². The Morgan fingerprint density at radius 3 is 2.21 bits per heavy atom. The summed E-state index contributed by atoms with van der Waals surface area (Å²) in [6.07, 6.45) is 3.56. The third-order valence-electron chi connectivity index (χ3n) is 9.43. The lowest BCUT2D eigenvalue weighted by molar-refractivity contribution is -0.132. The predicted octanol–water partition coefficient (Wildman–Crippen LogP) is 6.88. The van der Waals surface area contributed by atoms with Gasteiger partial charge in [-0.25, -0.2) is 4.79 Å². The van der Waals surface area contributed by atoms with Gasteiger partial charge in [0.05, 0.1) is 47.9 Å². The summed E-state index contributed by atoms with van der Waals surface area (Å²) < 4.78 is 23.5. The van der Waals surface area contributed by atoms with Gasteiger partial charge in [0.15, 0.2) is 5.75 Å². The quantitative estimate of drug-likeness (QED) is 0.0747. The van der Waals surface area contributed by atoms with Crippen molar-refractivity contribution in [1.82, 2.24) is 15.1 Å². The van der Waals surface area contributed by atoms with E-state index >= 15 is 0 Å². The SMILES string of the molecule is CCCOc1c(C(=O)c2ccccc2OCCCNC(=O)OC(C)(C)C)ccc(C(=O)N(C)c2ccc(C)cc2OCCCCCC(=O)N2CCN(C)CC2)c1N. The molecule has 3 aromatic rings. The second-order valence-electron chi connectivity index (χ2n) is 15.4. The molecule has 0 bridgehead atoms. The van der Waals surface area contributed by atoms with E-state index in [-0.39, 0.29) is 47.5 Å². The number of anilines is 2. The molecule has 13 nitrogen and oxygen atoms in total. The summed E-state index contributed by atoms with van der Waals surface area (Å²) >= 11 is 0. The topological polar surface area (TPSA) is 153 Å². The van der Waals surface area contributed by atoms with E-state index in [1.165, 1.54) is 4.90 Å². The standard InChI is InChI=1S/C44H61N5O8/c1-8-27-56-41-34(40(51)32-15-11-12-16-36(32)54-29-14-22-46-43(53)57-44(3,4)5)20-19-33(39(41)45)42(52)48(7)35-21-18-31(2)30-37(35)55-28-13-9-10-17-38(50)49-25-23-47(6)24-26-49/h11-12,15-16,18-21,30H,8-10,13-14,17,22-29,45H2,1-7H3,(H,46,53). The Kier molecular flexibility index (Phi) is 16.6. The smallest absolute Gasteiger partial charge is 0.407 e. The number of hydrogen-bond donors (Lipinski definition) is 2. The van der Waals surface area contributed by atoms with Crippen molar-refractivity contribution in [3.8, 4) is 17.2 Å². The number of aryl methyl sites for hydroxylation is 1. The molecule has 3 amide bonds. The van der Waals surface area contributed by atoms with E-state index in [2.05, 4.69) is 17.3 Å². The second kappa shape index (κ2) is 21.3. The first-order valence-electron chi connectivity index (χ1n) is 20.0. The number of carbonyl (C=O) groups is 4. The van der Waals surface area contributed by atoms with Crippen molar-refractivity contribution >= 4 is 35.1 Å². The number of nitrogen functional groups attached to an aromatic ring is 1. The van der Waals surface area contributed by atoms with Crippen molar-refractivity contribution in [1.29, 1.82) is 0 Å². The Bertz CT molecular complexity index is 1830. The minimum atomic E-state index is -0.597. The number of carbonyl (C=O) groups excluding carboxylic acids is 4. The van der Waals surface area contributed by atoms with E-state index in [4.69, 9.17) is 24.7 Å². The number of para-hydroxylation sites is 1. The number of nitrogens with one attached hydrogen (secondary N) is 1. The van der Waals surface area contributed by atoms with Crippen LogP contribution < -0.4 is 30.2 Å². The van der Waals surface area contributed by atoms with Gasteiger partial charge in [-0.2, -0.15) is 0 Å². The molecule has 0 unspecified atom stereocenters. The highest BCUT2D eigenvalue weighted by Gasteiger charge is 2.27. The molecule has 0 aliphatic carbocycles. The number of ketones is 1. The Labute approximate surface area is 337 Å². The summed E-state index contributed by atoms with van der Waals surface area (Å²) in [6.45, 7) is 14.0. The fraction of sp³-hybridized carbons (Fsp3) is 0.500. The van der Waals surface area contributed by atoms with Crippen LogP contribution in [0.2, 0.25) is 0 Å². The van der Waals surface area contributed by atoms with E-state index in [0.29, 0.717) is 55.2 Å². The van der Waals surface area contributed by atoms with Crippen LogP contribution >= 0.6 is 0 Å². The summed E-state index contributed by atoms with van der Waals surface area (Å²) in [5.41, 5.74) is 8.36. The number of amides is 3. The molecule has 0 saturated carbocycles. The molecule has 57 heavy (non-hydrogen) atoms. The van der Waals surface area contributed by atoms with Crippen molar-refractivity contribution in [2.45, 2.75) is 78.7 Å². The molecule has 1 heterocycles. The van der Waals surface area contributed by atoms with Gasteiger partial charge in [-0.3, -0.25) is 14.4 Å². The van der Waals surface area contributed by atoms with Gasteiger partial charge in [-0.1, -0.05) is 25.1 Å². The number of ether oxygens (including phenoxy) is 4. The maximum atomic E-state index is 14.1. The number of likely N-dealkylation sites (N-methyl/N-ethyl adjacent to an activating group) is 1. The van der Waals surface area contributed by atoms with E-state index < -0.39 is 17.6 Å². The highest BCUT2D eigenvalue weighted by molar-refractivity contribution is 6.16. The Balaban J connectivity index is 1.42. The number of benzene rings is 3. The third-order valence-corrected chi connectivity index (χ3v) is 9.43. The largest absolute Gasteiger partial charge is 0.493 e. The van der Waals surface area contributed by atoms with Gasteiger partial charge in [-0.05, 0) is 109 Å². The number of alkyl carbamates (subject to hydrolysis) is 1. The summed E-state index contributed by atoms with van der Waals surface area (Å²) in [4.78, 5) is 58.4. The van der Waals surface area contributed by atoms with Crippen LogP contribution in [0.5, 0.6) is 17.2 Å². The van der Waals surface area contributed by atoms with Crippen molar-refractivity contribution in [3.05, 3.63) is 76.9 Å². The number of piperazine rings is 1. The molecular weight excluding hydrogens is 727 g/mol. The fourth-order valence-corrected chi connectivity index (χ4v) is 6.26. The molecule has 0 radical (unpaired) electrons. The predicted molar refractivity (Wildman–Crippen MR) is 223 cm³/mol. The van der Waals surface area contributed by atoms with Crippen LogP contribution in [0.4, 0.5) is 16.2 Å². The molecule has 1 aliphatic heterocycles. The first kappa shape index (κ1) is 44.4. The molecule has 0 spiro atoms. The lowest BCUT2D eigenvalue weighted by Gasteiger charge is -2.32. The Morgan fingerprint density at radius 2 is 1.49 bits per heavy atom. The number of nitrogens with two attached hydrogens (primary N) is 1. The maximum absolute atomic E-state index is 14.1. The number of nitrogens with zero attached hydrogens (tertiary/aromatic N) is 3. The van der Waals surface area contributed by atoms with Crippen LogP contribution in [-0.4, -0.2) is 106 Å². The number of hydrogen-bond acceptors (Lipinski definition) is 10. The van der Waals surface area contributed by atoms with Gasteiger partial charge in [0, 0.05) is 46.2 Å². The minimum Gasteiger partial charge on any atom is -0.493 e. The zero-order chi connectivity index (χ0) is 41.5. The Hall–Kier alpha value is -5.30. The molecule has 13 heteroatoms. The van der Waals surface area contributed by atoms with Gasteiger partial charge in [-0.15, -0.1) is 0 Å². The van der Waals surface area contributed by atoms with Crippen LogP contribution in [0.25, 0.3) is 0 Å². The summed E-state index contributed by atoms with van der Waals surface area (Å²) in [5, 5.41) is 2.70. The van der Waals surface area contributed by atoms with Crippen molar-refractivity contribution in [2.24, 2.45) is 0 Å². The molecular formula is C44H61N5O8. The molecule has 3 N–H and O–H groups in total. The van der Waals surface area contributed by atoms with Crippen LogP contribution in [0.3, 0.4) is 0 Å². The fourth-order valence-electron chi connectivity index (χ4n) is 6.26. The normalized spacial score (nSPS) is 13.1. The van der Waals surface area contributed by atoms with Crippen LogP contribution in [-0.2, 0) is 9.53 Å². The van der Waals surface area contributed by atoms with Crippen LogP contribution in [0.1, 0.15) is 98.1 Å². The maximum Gasteiger partial charge on any atom is 0.407 e. The van der Waals surface area contributed by atoms with Crippen LogP contribution in [0.15, 0.2) is 54.6 Å². The van der Waals surface area contributed by atoms with E-state index in [9.17, 15) is 19.2 Å². The molecule has 1 fully saturated rings. The van der Waals surface area contributed by atoms with Gasteiger partial charge >= 0.3 is 6.09 Å². The second-order valence-corrected chi connectivity index (χ2v) is 15.4. The van der Waals surface area contributed by atoms with Crippen molar-refractivity contribution in [2.75, 3.05) is 77.3 Å². The van der Waals surface area contributed by atoms with Gasteiger partial charge in [0.25, 0.3) is 5.91 Å². The molecule has 0 atom stereocenters. The van der Waals surface area contributed by atoms with E-state index in [1.54, 1.807) is 64.2 Å². The first-order valence-corrected chi connectivity index (χ1v) is 20.0. The first-order chi connectivity index (χ1) is 27.2. The van der Waals surface area contributed by atoms with Crippen LogP contribution in [0, 0.1) is 6.92 Å².